The predicted molar refractivity (Wildman–Crippen MR) is 163 cm³/mol. The number of nitrogens with zero attached hydrogens (tertiary/aromatic N) is 1. The third kappa shape index (κ3) is 9.34. The first-order valence-corrected chi connectivity index (χ1v) is 14.5. The Hall–Kier alpha value is -3.81. The zero-order chi connectivity index (χ0) is 30.8. The van der Waals surface area contributed by atoms with Gasteiger partial charge in [0.05, 0.1) is 30.7 Å². The van der Waals surface area contributed by atoms with Crippen LogP contribution in [0.3, 0.4) is 0 Å². The molecule has 4 nitrogen and oxygen atoms in total. The van der Waals surface area contributed by atoms with Crippen LogP contribution in [0.5, 0.6) is 5.75 Å². The number of hydrogen-bond acceptors (Lipinski definition) is 4. The summed E-state index contributed by atoms with van der Waals surface area (Å²) in [6.07, 6.45) is -4.40. The molecule has 4 aromatic rings. The zero-order valence-electron chi connectivity index (χ0n) is 24.2. The molecule has 0 unspecified atom stereocenters. The minimum Gasteiger partial charge on any atom is -0.493 e. The minimum absolute atomic E-state index is 0.0148. The second-order valence-corrected chi connectivity index (χ2v) is 11.0. The molecule has 0 amide bonds. The quantitative estimate of drug-likeness (QED) is 0.143. The molecule has 0 saturated heterocycles. The van der Waals surface area contributed by atoms with Crippen molar-refractivity contribution in [3.05, 3.63) is 136 Å². The molecule has 0 aliphatic rings. The van der Waals surface area contributed by atoms with Crippen LogP contribution in [-0.2, 0) is 28.7 Å². The highest BCUT2D eigenvalue weighted by atomic mass is 35.5. The molecular weight excluding hydrogens is 575 g/mol. The fourth-order valence-electron chi connectivity index (χ4n) is 5.11. The van der Waals surface area contributed by atoms with E-state index in [1.807, 2.05) is 67.6 Å². The lowest BCUT2D eigenvalue weighted by Crippen LogP contribution is -2.34. The molecule has 0 aromatic heterocycles. The Morgan fingerprint density at radius 3 is 2.09 bits per heavy atom. The Morgan fingerprint density at radius 1 is 0.860 bits per heavy atom. The lowest BCUT2D eigenvalue weighted by Gasteiger charge is -2.31. The molecular formula is C35H35ClF3NO3. The van der Waals surface area contributed by atoms with E-state index in [4.69, 9.17) is 21.1 Å². The number of halogens is 4. The van der Waals surface area contributed by atoms with Crippen molar-refractivity contribution in [2.75, 3.05) is 26.8 Å². The number of hydrogen-bond donors (Lipinski definition) is 0. The highest BCUT2D eigenvalue weighted by Crippen LogP contribution is 2.37. The average Bonchev–Trinajstić information content (AvgIpc) is 3.00. The van der Waals surface area contributed by atoms with Gasteiger partial charge in [-0.05, 0) is 40.5 Å². The summed E-state index contributed by atoms with van der Waals surface area (Å²) in [5.41, 5.74) is 2.59. The Kier molecular flexibility index (Phi) is 11.3. The van der Waals surface area contributed by atoms with E-state index in [1.165, 1.54) is 13.2 Å². The molecule has 43 heavy (non-hydrogen) atoms. The number of esters is 1. The molecule has 226 valence electrons. The van der Waals surface area contributed by atoms with Crippen molar-refractivity contribution in [1.29, 1.82) is 0 Å². The van der Waals surface area contributed by atoms with Gasteiger partial charge in [0.15, 0.2) is 0 Å². The molecule has 4 aromatic carbocycles. The molecule has 1 atom stereocenters. The van der Waals surface area contributed by atoms with E-state index < -0.39 is 11.7 Å². The zero-order valence-corrected chi connectivity index (χ0v) is 24.9. The maximum Gasteiger partial charge on any atom is 0.417 e. The van der Waals surface area contributed by atoms with Gasteiger partial charge < -0.3 is 9.47 Å². The van der Waals surface area contributed by atoms with E-state index in [2.05, 4.69) is 29.2 Å². The summed E-state index contributed by atoms with van der Waals surface area (Å²) in [5, 5.41) is -0.276. The largest absolute Gasteiger partial charge is 0.493 e. The van der Waals surface area contributed by atoms with Gasteiger partial charge in [0.1, 0.15) is 5.75 Å². The lowest BCUT2D eigenvalue weighted by atomic mass is 9.90. The van der Waals surface area contributed by atoms with Crippen LogP contribution in [0.2, 0.25) is 5.02 Å². The first-order valence-electron chi connectivity index (χ1n) is 14.1. The first kappa shape index (κ1) is 32.1. The van der Waals surface area contributed by atoms with E-state index in [0.717, 1.165) is 22.8 Å². The summed E-state index contributed by atoms with van der Waals surface area (Å²) in [6.45, 7) is 3.75. The first-order chi connectivity index (χ1) is 20.6. The SMILES string of the molecule is COC(=O)Cc1cccc(OC[C@H](C)CN(Cc2cccc(C(F)(F)F)c2Cl)CC(c2ccccc2)c2ccccc2)c1. The summed E-state index contributed by atoms with van der Waals surface area (Å²) < 4.78 is 51.8. The molecule has 0 fully saturated rings. The van der Waals surface area contributed by atoms with Gasteiger partial charge in [-0.2, -0.15) is 13.2 Å². The third-order valence-corrected chi connectivity index (χ3v) is 7.65. The van der Waals surface area contributed by atoms with Gasteiger partial charge in [-0.15, -0.1) is 0 Å². The smallest absolute Gasteiger partial charge is 0.417 e. The summed E-state index contributed by atoms with van der Waals surface area (Å²) in [5.74, 6) is 0.295. The van der Waals surface area contributed by atoms with E-state index in [-0.39, 0.29) is 35.8 Å². The molecule has 0 saturated carbocycles. The molecule has 8 heteroatoms. The van der Waals surface area contributed by atoms with E-state index in [9.17, 15) is 18.0 Å². The van der Waals surface area contributed by atoms with Crippen LogP contribution in [0.1, 0.15) is 40.7 Å². The number of methoxy groups -OCH3 is 1. The predicted octanol–water partition coefficient (Wildman–Crippen LogP) is 8.42. The molecule has 4 rings (SSSR count). The van der Waals surface area contributed by atoms with Gasteiger partial charge in [0.2, 0.25) is 0 Å². The second kappa shape index (κ2) is 15.1. The number of alkyl halides is 3. The highest BCUT2D eigenvalue weighted by Gasteiger charge is 2.34. The highest BCUT2D eigenvalue weighted by molar-refractivity contribution is 6.32. The van der Waals surface area contributed by atoms with Gasteiger partial charge in [-0.25, -0.2) is 0 Å². The number of carbonyl (C=O) groups is 1. The van der Waals surface area contributed by atoms with Crippen LogP contribution >= 0.6 is 11.6 Å². The summed E-state index contributed by atoms with van der Waals surface area (Å²) in [4.78, 5) is 13.8. The van der Waals surface area contributed by atoms with Crippen molar-refractivity contribution in [2.45, 2.75) is 32.0 Å². The standard InChI is InChI=1S/C35H35ClF3NO3/c1-25(24-43-30-17-9-11-26(19-30)20-33(41)42-2)21-40(22-29-16-10-18-32(34(29)36)35(37,38)39)23-31(27-12-5-3-6-13-27)28-14-7-4-8-15-28/h3-19,25,31H,20-24H2,1-2H3/t25-/m1/s1. The Labute approximate surface area is 256 Å². The maximum atomic E-state index is 13.7. The van der Waals surface area contributed by atoms with Crippen molar-refractivity contribution in [1.82, 2.24) is 4.90 Å². The van der Waals surface area contributed by atoms with Gasteiger partial charge in [0.25, 0.3) is 0 Å². The van der Waals surface area contributed by atoms with Crippen LogP contribution in [-0.4, -0.2) is 37.7 Å². The summed E-state index contributed by atoms with van der Waals surface area (Å²) in [6, 6.07) is 31.5. The number of benzene rings is 4. The van der Waals surface area contributed by atoms with Crippen molar-refractivity contribution < 1.29 is 27.4 Å². The van der Waals surface area contributed by atoms with Crippen molar-refractivity contribution in [3.8, 4) is 5.75 Å². The fourth-order valence-corrected chi connectivity index (χ4v) is 5.41. The molecule has 0 spiro atoms. The summed E-state index contributed by atoms with van der Waals surface area (Å²) >= 11 is 6.34. The van der Waals surface area contributed by atoms with E-state index in [0.29, 0.717) is 31.0 Å². The molecule has 0 radical (unpaired) electrons. The van der Waals surface area contributed by atoms with Gasteiger partial charge in [-0.3, -0.25) is 9.69 Å². The van der Waals surface area contributed by atoms with E-state index >= 15 is 0 Å². The van der Waals surface area contributed by atoms with Crippen LogP contribution in [0, 0.1) is 5.92 Å². The molecule has 0 heterocycles. The lowest BCUT2D eigenvalue weighted by molar-refractivity contribution is -0.140. The van der Waals surface area contributed by atoms with Crippen molar-refractivity contribution >= 4 is 17.6 Å². The average molecular weight is 610 g/mol. The van der Waals surface area contributed by atoms with Crippen molar-refractivity contribution in [2.24, 2.45) is 5.92 Å². The molecule has 0 aliphatic carbocycles. The summed E-state index contributed by atoms with van der Waals surface area (Å²) in [7, 11) is 1.35. The van der Waals surface area contributed by atoms with Crippen LogP contribution in [0.4, 0.5) is 13.2 Å². The second-order valence-electron chi connectivity index (χ2n) is 10.7. The number of rotatable bonds is 13. The normalized spacial score (nSPS) is 12.4. The maximum absolute atomic E-state index is 13.7. The number of carbonyl (C=O) groups excluding carboxylic acids is 1. The van der Waals surface area contributed by atoms with Crippen LogP contribution < -0.4 is 4.74 Å². The van der Waals surface area contributed by atoms with Crippen LogP contribution in [0.25, 0.3) is 0 Å². The molecule has 0 bridgehead atoms. The van der Waals surface area contributed by atoms with Gasteiger partial charge in [-0.1, -0.05) is 103 Å². The Bertz CT molecular complexity index is 1420. The van der Waals surface area contributed by atoms with Gasteiger partial charge in [0, 0.05) is 31.5 Å². The van der Waals surface area contributed by atoms with E-state index in [1.54, 1.807) is 6.07 Å². The fraction of sp³-hybridized carbons (Fsp3) is 0.286. The topological polar surface area (TPSA) is 38.8 Å². The Balaban J connectivity index is 1.57. The van der Waals surface area contributed by atoms with Crippen LogP contribution in [0.15, 0.2) is 103 Å². The van der Waals surface area contributed by atoms with Gasteiger partial charge >= 0.3 is 12.1 Å². The Morgan fingerprint density at radius 2 is 1.49 bits per heavy atom. The third-order valence-electron chi connectivity index (χ3n) is 7.20. The number of ether oxygens (including phenoxy) is 2. The molecule has 0 aliphatic heterocycles. The van der Waals surface area contributed by atoms with Crippen molar-refractivity contribution in [3.63, 3.8) is 0 Å². The minimum atomic E-state index is -4.54. The monoisotopic (exact) mass is 609 g/mol. The molecule has 0 N–H and O–H groups in total.